The van der Waals surface area contributed by atoms with E-state index in [1.54, 1.807) is 10.6 Å². The van der Waals surface area contributed by atoms with Crippen LogP contribution in [0.2, 0.25) is 0 Å². The number of hydrogen-bond donors (Lipinski definition) is 0. The summed E-state index contributed by atoms with van der Waals surface area (Å²) < 4.78 is 1.75. The molecule has 2 heterocycles. The number of hydrogen-bond acceptors (Lipinski definition) is 4. The van der Waals surface area contributed by atoms with Crippen LogP contribution in [0.5, 0.6) is 0 Å². The molecule has 5 nitrogen and oxygen atoms in total. The van der Waals surface area contributed by atoms with E-state index in [2.05, 4.69) is 11.1 Å². The minimum atomic E-state index is 0.0126. The van der Waals surface area contributed by atoms with Crippen molar-refractivity contribution in [3.63, 3.8) is 0 Å². The largest absolute Gasteiger partial charge is 0.354 e. The van der Waals surface area contributed by atoms with Crippen LogP contribution < -0.4 is 4.90 Å². The maximum Gasteiger partial charge on any atom is 0.170 e. The van der Waals surface area contributed by atoms with Crippen molar-refractivity contribution >= 4 is 17.8 Å². The Kier molecular flexibility index (Phi) is 3.28. The third-order valence-corrected chi connectivity index (χ3v) is 3.04. The van der Waals surface area contributed by atoms with Gasteiger partial charge in [-0.1, -0.05) is 6.07 Å². The number of carbonyl (C=O) groups is 1. The fourth-order valence-corrected chi connectivity index (χ4v) is 1.85. The zero-order valence-electron chi connectivity index (χ0n) is 10.4. The fraction of sp³-hybridized carbons (Fsp3) is 0.308. The number of pyridine rings is 1. The molecule has 2 aromatic heterocycles. The molecule has 0 N–H and O–H groups in total. The van der Waals surface area contributed by atoms with E-state index in [4.69, 9.17) is 5.26 Å². The summed E-state index contributed by atoms with van der Waals surface area (Å²) in [5.74, 6) is 0.610. The number of anilines is 1. The Morgan fingerprint density at radius 1 is 1.61 bits per heavy atom. The van der Waals surface area contributed by atoms with Gasteiger partial charge >= 0.3 is 0 Å². The second-order valence-corrected chi connectivity index (χ2v) is 4.19. The van der Waals surface area contributed by atoms with Gasteiger partial charge in [0.15, 0.2) is 12.1 Å². The standard InChI is InChI=1S/C13H14N4O/c1-10(6-7-14)16(2)13-11(9-18)17-8-4-3-5-12(17)15-13/h3-5,8-10H,6H2,1-2H3. The fourth-order valence-electron chi connectivity index (χ4n) is 1.85. The molecule has 2 rings (SSSR count). The normalized spacial score (nSPS) is 12.1. The highest BCUT2D eigenvalue weighted by molar-refractivity contribution is 5.83. The van der Waals surface area contributed by atoms with Crippen LogP contribution in [-0.4, -0.2) is 28.8 Å². The van der Waals surface area contributed by atoms with Gasteiger partial charge in [0.25, 0.3) is 0 Å². The minimum Gasteiger partial charge on any atom is -0.354 e. The molecule has 0 aromatic carbocycles. The molecule has 0 amide bonds. The molecule has 0 aliphatic carbocycles. The lowest BCUT2D eigenvalue weighted by atomic mass is 10.2. The number of fused-ring (bicyclic) bond motifs is 1. The van der Waals surface area contributed by atoms with Crippen LogP contribution in [0.15, 0.2) is 24.4 Å². The Balaban J connectivity index is 2.50. The van der Waals surface area contributed by atoms with Crippen molar-refractivity contribution in [2.24, 2.45) is 0 Å². The molecule has 0 saturated carbocycles. The maximum atomic E-state index is 11.2. The number of carbonyl (C=O) groups excluding carboxylic acids is 1. The Morgan fingerprint density at radius 3 is 3.06 bits per heavy atom. The zero-order chi connectivity index (χ0) is 13.1. The van der Waals surface area contributed by atoms with E-state index in [0.717, 1.165) is 11.9 Å². The maximum absolute atomic E-state index is 11.2. The van der Waals surface area contributed by atoms with E-state index in [-0.39, 0.29) is 6.04 Å². The highest BCUT2D eigenvalue weighted by atomic mass is 16.1. The lowest BCUT2D eigenvalue weighted by Crippen LogP contribution is -2.29. The average molecular weight is 242 g/mol. The second kappa shape index (κ2) is 4.88. The van der Waals surface area contributed by atoms with Crippen LogP contribution in [-0.2, 0) is 0 Å². The van der Waals surface area contributed by atoms with Crippen LogP contribution in [0.4, 0.5) is 5.82 Å². The molecule has 0 radical (unpaired) electrons. The molecule has 0 fully saturated rings. The number of aromatic nitrogens is 2. The topological polar surface area (TPSA) is 61.4 Å². The first kappa shape index (κ1) is 12.1. The van der Waals surface area contributed by atoms with Gasteiger partial charge in [0.2, 0.25) is 0 Å². The number of nitriles is 1. The Morgan fingerprint density at radius 2 is 2.39 bits per heavy atom. The van der Waals surface area contributed by atoms with Crippen molar-refractivity contribution in [1.29, 1.82) is 5.26 Å². The van der Waals surface area contributed by atoms with E-state index in [9.17, 15) is 4.79 Å². The van der Waals surface area contributed by atoms with Gasteiger partial charge in [0, 0.05) is 19.3 Å². The van der Waals surface area contributed by atoms with Crippen LogP contribution >= 0.6 is 0 Å². The molecular weight excluding hydrogens is 228 g/mol. The highest BCUT2D eigenvalue weighted by Crippen LogP contribution is 2.21. The number of aldehydes is 1. The van der Waals surface area contributed by atoms with Crippen LogP contribution in [0.25, 0.3) is 5.65 Å². The quantitative estimate of drug-likeness (QED) is 0.768. The van der Waals surface area contributed by atoms with Gasteiger partial charge in [-0.15, -0.1) is 0 Å². The van der Waals surface area contributed by atoms with Crippen molar-refractivity contribution in [2.75, 3.05) is 11.9 Å². The molecular formula is C13H14N4O. The number of nitrogens with zero attached hydrogens (tertiary/aromatic N) is 4. The highest BCUT2D eigenvalue weighted by Gasteiger charge is 2.18. The summed E-state index contributed by atoms with van der Waals surface area (Å²) in [6, 6.07) is 7.71. The van der Waals surface area contributed by atoms with Crippen LogP contribution in [0.1, 0.15) is 23.8 Å². The van der Waals surface area contributed by atoms with Crippen LogP contribution in [0, 0.1) is 11.3 Å². The third-order valence-electron chi connectivity index (χ3n) is 3.04. The van der Waals surface area contributed by atoms with E-state index < -0.39 is 0 Å². The van der Waals surface area contributed by atoms with E-state index >= 15 is 0 Å². The zero-order valence-corrected chi connectivity index (χ0v) is 10.4. The third kappa shape index (κ3) is 1.93. The molecule has 2 aromatic rings. The molecule has 0 spiro atoms. The van der Waals surface area contributed by atoms with Crippen molar-refractivity contribution in [3.8, 4) is 6.07 Å². The van der Waals surface area contributed by atoms with Gasteiger partial charge in [-0.2, -0.15) is 5.26 Å². The van der Waals surface area contributed by atoms with Crippen molar-refractivity contribution in [1.82, 2.24) is 9.38 Å². The lowest BCUT2D eigenvalue weighted by molar-refractivity contribution is 0.111. The summed E-state index contributed by atoms with van der Waals surface area (Å²) in [6.45, 7) is 1.93. The molecule has 1 unspecified atom stereocenters. The smallest absolute Gasteiger partial charge is 0.170 e. The molecule has 0 aliphatic heterocycles. The van der Waals surface area contributed by atoms with Gasteiger partial charge in [-0.3, -0.25) is 9.20 Å². The molecule has 18 heavy (non-hydrogen) atoms. The summed E-state index contributed by atoms with van der Waals surface area (Å²) in [4.78, 5) is 17.5. The minimum absolute atomic E-state index is 0.0126. The number of rotatable bonds is 4. The molecule has 0 aliphatic rings. The van der Waals surface area contributed by atoms with Crippen molar-refractivity contribution < 1.29 is 4.79 Å². The Labute approximate surface area is 105 Å². The molecule has 5 heteroatoms. The Hall–Kier alpha value is -2.35. The number of imidazole rings is 1. The summed E-state index contributed by atoms with van der Waals surface area (Å²) >= 11 is 0. The summed E-state index contributed by atoms with van der Waals surface area (Å²) in [5, 5.41) is 8.73. The molecule has 0 bridgehead atoms. The van der Waals surface area contributed by atoms with Gasteiger partial charge < -0.3 is 4.90 Å². The predicted molar refractivity (Wildman–Crippen MR) is 68.7 cm³/mol. The first-order valence-electron chi connectivity index (χ1n) is 5.71. The second-order valence-electron chi connectivity index (χ2n) is 4.19. The van der Waals surface area contributed by atoms with Crippen molar-refractivity contribution in [2.45, 2.75) is 19.4 Å². The average Bonchev–Trinajstić information content (AvgIpc) is 2.76. The van der Waals surface area contributed by atoms with Gasteiger partial charge in [0.1, 0.15) is 11.3 Å². The lowest BCUT2D eigenvalue weighted by Gasteiger charge is -2.22. The van der Waals surface area contributed by atoms with E-state index in [1.807, 2.05) is 37.1 Å². The summed E-state index contributed by atoms with van der Waals surface area (Å²) in [5.41, 5.74) is 1.24. The van der Waals surface area contributed by atoms with Crippen molar-refractivity contribution in [3.05, 3.63) is 30.1 Å². The molecule has 0 saturated heterocycles. The molecule has 92 valence electrons. The van der Waals surface area contributed by atoms with Gasteiger partial charge in [0.05, 0.1) is 12.5 Å². The summed E-state index contributed by atoms with van der Waals surface area (Å²) in [7, 11) is 1.84. The van der Waals surface area contributed by atoms with E-state index in [0.29, 0.717) is 17.9 Å². The molecule has 1 atom stereocenters. The monoisotopic (exact) mass is 242 g/mol. The van der Waals surface area contributed by atoms with E-state index in [1.165, 1.54) is 0 Å². The SMILES string of the molecule is CC(CC#N)N(C)c1nc2ccccn2c1C=O. The first-order chi connectivity index (χ1) is 8.69. The first-order valence-corrected chi connectivity index (χ1v) is 5.71. The van der Waals surface area contributed by atoms with Gasteiger partial charge in [-0.05, 0) is 19.1 Å². The van der Waals surface area contributed by atoms with Crippen LogP contribution in [0.3, 0.4) is 0 Å². The summed E-state index contributed by atoms with van der Waals surface area (Å²) in [6.07, 6.45) is 2.99. The van der Waals surface area contributed by atoms with Gasteiger partial charge in [-0.25, -0.2) is 4.98 Å². The Bertz CT molecular complexity index is 611. The predicted octanol–water partition coefficient (Wildman–Crippen LogP) is 1.89.